The van der Waals surface area contributed by atoms with E-state index in [4.69, 9.17) is 0 Å². The standard InChI is InChI=1S/C11H11FN4O2/c1-7-13-5-9(15-7)6-14-10-4-8(12)2-3-11(10)16(17)18/h2-5,14H,6H2,1H3,(H,13,15). The van der Waals surface area contributed by atoms with E-state index in [0.29, 0.717) is 6.54 Å². The molecule has 0 radical (unpaired) electrons. The third-order valence-corrected chi connectivity index (χ3v) is 2.38. The summed E-state index contributed by atoms with van der Waals surface area (Å²) in [6.07, 6.45) is 1.62. The summed E-state index contributed by atoms with van der Waals surface area (Å²) < 4.78 is 13.1. The van der Waals surface area contributed by atoms with Crippen LogP contribution >= 0.6 is 0 Å². The number of aromatic nitrogens is 2. The Bertz CT molecular complexity index is 582. The van der Waals surface area contributed by atoms with E-state index in [1.54, 1.807) is 13.1 Å². The van der Waals surface area contributed by atoms with Crippen LogP contribution in [-0.4, -0.2) is 14.9 Å². The van der Waals surface area contributed by atoms with Gasteiger partial charge in [0.15, 0.2) is 0 Å². The van der Waals surface area contributed by atoms with Crippen LogP contribution in [0.4, 0.5) is 15.8 Å². The van der Waals surface area contributed by atoms with Gasteiger partial charge in [-0.05, 0) is 13.0 Å². The average Bonchev–Trinajstić information content (AvgIpc) is 2.72. The van der Waals surface area contributed by atoms with Crippen molar-refractivity contribution in [3.63, 3.8) is 0 Å². The molecule has 6 nitrogen and oxygen atoms in total. The highest BCUT2D eigenvalue weighted by atomic mass is 19.1. The molecule has 0 aliphatic rings. The molecule has 0 amide bonds. The molecule has 1 aromatic carbocycles. The Morgan fingerprint density at radius 2 is 2.33 bits per heavy atom. The van der Waals surface area contributed by atoms with E-state index in [1.165, 1.54) is 0 Å². The van der Waals surface area contributed by atoms with Crippen LogP contribution in [0.25, 0.3) is 0 Å². The number of nitro groups is 1. The van der Waals surface area contributed by atoms with Gasteiger partial charge in [-0.2, -0.15) is 0 Å². The maximum Gasteiger partial charge on any atom is 0.292 e. The maximum atomic E-state index is 13.1. The summed E-state index contributed by atoms with van der Waals surface area (Å²) in [6.45, 7) is 2.11. The molecule has 2 N–H and O–H groups in total. The van der Waals surface area contributed by atoms with Crippen molar-refractivity contribution in [2.24, 2.45) is 0 Å². The Kier molecular flexibility index (Phi) is 3.22. The molecule has 94 valence electrons. The predicted molar refractivity (Wildman–Crippen MR) is 63.7 cm³/mol. The van der Waals surface area contributed by atoms with Crippen LogP contribution in [0.3, 0.4) is 0 Å². The van der Waals surface area contributed by atoms with Gasteiger partial charge in [0.05, 0.1) is 23.4 Å². The van der Waals surface area contributed by atoms with Crippen LogP contribution in [0.5, 0.6) is 0 Å². The van der Waals surface area contributed by atoms with Gasteiger partial charge in [-0.15, -0.1) is 0 Å². The molecule has 2 aromatic rings. The lowest BCUT2D eigenvalue weighted by molar-refractivity contribution is -0.384. The van der Waals surface area contributed by atoms with E-state index >= 15 is 0 Å². The molecule has 18 heavy (non-hydrogen) atoms. The Balaban J connectivity index is 2.17. The van der Waals surface area contributed by atoms with Crippen LogP contribution in [0, 0.1) is 22.9 Å². The average molecular weight is 250 g/mol. The fourth-order valence-electron chi connectivity index (χ4n) is 1.56. The monoisotopic (exact) mass is 250 g/mol. The van der Waals surface area contributed by atoms with Gasteiger partial charge in [0.2, 0.25) is 0 Å². The molecule has 0 saturated heterocycles. The quantitative estimate of drug-likeness (QED) is 0.644. The third kappa shape index (κ3) is 2.62. The number of benzene rings is 1. The van der Waals surface area contributed by atoms with Gasteiger partial charge in [0.25, 0.3) is 5.69 Å². The molecule has 1 aromatic heterocycles. The summed E-state index contributed by atoms with van der Waals surface area (Å²) in [5, 5.41) is 13.6. The molecule has 1 heterocycles. The van der Waals surface area contributed by atoms with Gasteiger partial charge >= 0.3 is 0 Å². The second kappa shape index (κ2) is 4.82. The zero-order chi connectivity index (χ0) is 13.1. The van der Waals surface area contributed by atoms with Gasteiger partial charge < -0.3 is 10.3 Å². The van der Waals surface area contributed by atoms with Crippen molar-refractivity contribution in [2.75, 3.05) is 5.32 Å². The van der Waals surface area contributed by atoms with Crippen molar-refractivity contribution in [3.05, 3.63) is 51.8 Å². The fourth-order valence-corrected chi connectivity index (χ4v) is 1.56. The maximum absolute atomic E-state index is 13.1. The number of aromatic amines is 1. The number of hydrogen-bond acceptors (Lipinski definition) is 4. The summed E-state index contributed by atoms with van der Waals surface area (Å²) in [5.41, 5.74) is 0.756. The van der Waals surface area contributed by atoms with E-state index in [-0.39, 0.29) is 11.4 Å². The van der Waals surface area contributed by atoms with Crippen molar-refractivity contribution in [1.82, 2.24) is 9.97 Å². The number of imidazole rings is 1. The Labute approximate surface area is 102 Å². The van der Waals surface area contributed by atoms with E-state index in [0.717, 1.165) is 29.7 Å². The normalized spacial score (nSPS) is 10.3. The zero-order valence-corrected chi connectivity index (χ0v) is 9.61. The van der Waals surface area contributed by atoms with E-state index in [9.17, 15) is 14.5 Å². The van der Waals surface area contributed by atoms with Gasteiger partial charge in [0, 0.05) is 12.1 Å². The molecule has 0 aliphatic heterocycles. The van der Waals surface area contributed by atoms with Gasteiger partial charge in [-0.25, -0.2) is 9.37 Å². The number of halogens is 1. The fraction of sp³-hybridized carbons (Fsp3) is 0.182. The van der Waals surface area contributed by atoms with Crippen molar-refractivity contribution in [3.8, 4) is 0 Å². The van der Waals surface area contributed by atoms with Crippen molar-refractivity contribution < 1.29 is 9.31 Å². The minimum absolute atomic E-state index is 0.146. The highest BCUT2D eigenvalue weighted by molar-refractivity contribution is 5.61. The van der Waals surface area contributed by atoms with Crippen LogP contribution in [0.1, 0.15) is 11.5 Å². The molecular formula is C11H11FN4O2. The van der Waals surface area contributed by atoms with Crippen LogP contribution in [0.2, 0.25) is 0 Å². The van der Waals surface area contributed by atoms with Crippen LogP contribution in [0.15, 0.2) is 24.4 Å². The molecule has 0 saturated carbocycles. The molecule has 0 aliphatic carbocycles. The molecule has 0 spiro atoms. The van der Waals surface area contributed by atoms with Gasteiger partial charge in [-0.3, -0.25) is 10.1 Å². The lowest BCUT2D eigenvalue weighted by Gasteiger charge is -2.05. The van der Waals surface area contributed by atoms with E-state index in [1.807, 2.05) is 0 Å². The Hall–Kier alpha value is -2.44. The van der Waals surface area contributed by atoms with Crippen molar-refractivity contribution in [2.45, 2.75) is 13.5 Å². The van der Waals surface area contributed by atoms with Crippen molar-refractivity contribution in [1.29, 1.82) is 0 Å². The second-order valence-corrected chi connectivity index (χ2v) is 3.77. The summed E-state index contributed by atoms with van der Waals surface area (Å²) in [4.78, 5) is 17.2. The molecular weight excluding hydrogens is 239 g/mol. The molecule has 0 unspecified atom stereocenters. The van der Waals surface area contributed by atoms with Gasteiger partial charge in [-0.1, -0.05) is 0 Å². The number of H-pyrrole nitrogens is 1. The van der Waals surface area contributed by atoms with E-state index in [2.05, 4.69) is 15.3 Å². The Morgan fingerprint density at radius 1 is 1.56 bits per heavy atom. The number of hydrogen-bond donors (Lipinski definition) is 2. The number of aryl methyl sites for hydroxylation is 1. The highest BCUT2D eigenvalue weighted by Crippen LogP contribution is 2.25. The smallest absolute Gasteiger partial charge is 0.292 e. The first-order chi connectivity index (χ1) is 8.56. The summed E-state index contributed by atoms with van der Waals surface area (Å²) >= 11 is 0. The molecule has 0 atom stereocenters. The molecule has 0 bridgehead atoms. The molecule has 7 heteroatoms. The van der Waals surface area contributed by atoms with Crippen LogP contribution in [-0.2, 0) is 6.54 Å². The minimum atomic E-state index is -0.556. The number of rotatable bonds is 4. The largest absolute Gasteiger partial charge is 0.374 e. The van der Waals surface area contributed by atoms with Crippen molar-refractivity contribution >= 4 is 11.4 Å². The first kappa shape index (κ1) is 12.0. The van der Waals surface area contributed by atoms with E-state index < -0.39 is 10.7 Å². The predicted octanol–water partition coefficient (Wildman–Crippen LogP) is 2.38. The zero-order valence-electron chi connectivity index (χ0n) is 9.61. The number of nitro benzene ring substituents is 1. The number of anilines is 1. The number of nitrogens with one attached hydrogen (secondary N) is 2. The summed E-state index contributed by atoms with van der Waals surface area (Å²) in [5.74, 6) is 0.226. The summed E-state index contributed by atoms with van der Waals surface area (Å²) in [6, 6.07) is 3.29. The highest BCUT2D eigenvalue weighted by Gasteiger charge is 2.14. The molecule has 0 fully saturated rings. The lowest BCUT2D eigenvalue weighted by atomic mass is 10.2. The molecule has 2 rings (SSSR count). The first-order valence-electron chi connectivity index (χ1n) is 5.24. The van der Waals surface area contributed by atoms with Gasteiger partial charge in [0.1, 0.15) is 17.3 Å². The first-order valence-corrected chi connectivity index (χ1v) is 5.24. The third-order valence-electron chi connectivity index (χ3n) is 2.38. The second-order valence-electron chi connectivity index (χ2n) is 3.77. The van der Waals surface area contributed by atoms with Crippen LogP contribution < -0.4 is 5.32 Å². The summed E-state index contributed by atoms with van der Waals surface area (Å²) in [7, 11) is 0. The lowest BCUT2D eigenvalue weighted by Crippen LogP contribution is -2.03. The SMILES string of the molecule is Cc1ncc(CNc2cc(F)ccc2[N+](=O)[O-])[nH]1. The topological polar surface area (TPSA) is 83.8 Å². The number of nitrogens with zero attached hydrogens (tertiary/aromatic N) is 2. The Morgan fingerprint density at radius 3 is 2.94 bits per heavy atom. The minimum Gasteiger partial charge on any atom is -0.374 e.